The predicted octanol–water partition coefficient (Wildman–Crippen LogP) is 2.43. The van der Waals surface area contributed by atoms with E-state index < -0.39 is 0 Å². The molecule has 1 aromatic rings. The highest BCUT2D eigenvalue weighted by molar-refractivity contribution is 9.10. The van der Waals surface area contributed by atoms with Gasteiger partial charge in [0.05, 0.1) is 4.47 Å². The van der Waals surface area contributed by atoms with Gasteiger partial charge in [0.25, 0.3) is 0 Å². The fourth-order valence-corrected chi connectivity index (χ4v) is 2.22. The molecule has 64 valence electrons. The molecule has 0 saturated carbocycles. The van der Waals surface area contributed by atoms with Crippen molar-refractivity contribution in [1.29, 1.82) is 0 Å². The van der Waals surface area contributed by atoms with Crippen molar-refractivity contribution < 1.29 is 5.11 Å². The zero-order chi connectivity index (χ0) is 8.72. The van der Waals surface area contributed by atoms with Crippen molar-refractivity contribution in [3.8, 4) is 5.75 Å². The van der Waals surface area contributed by atoms with Gasteiger partial charge in [-0.2, -0.15) is 0 Å². The summed E-state index contributed by atoms with van der Waals surface area (Å²) in [6.07, 6.45) is 0.918. The fourth-order valence-electron chi connectivity index (χ4n) is 1.63. The van der Waals surface area contributed by atoms with Crippen LogP contribution in [0, 0.1) is 6.92 Å². The zero-order valence-electron chi connectivity index (χ0n) is 6.82. The molecule has 1 aliphatic heterocycles. The van der Waals surface area contributed by atoms with E-state index in [1.165, 1.54) is 5.56 Å². The number of nitrogens with one attached hydrogen (secondary N) is 1. The molecule has 2 rings (SSSR count). The quantitative estimate of drug-likeness (QED) is 0.714. The van der Waals surface area contributed by atoms with Gasteiger partial charge >= 0.3 is 0 Å². The first-order valence-corrected chi connectivity index (χ1v) is 4.74. The number of fused-ring (bicyclic) bond motifs is 1. The molecule has 1 heterocycles. The standard InChI is InChI=1S/C9H10BrNO/c1-5-4-7(10)9(12)6-2-3-11-8(5)6/h4,11-12H,2-3H2,1H3. The lowest BCUT2D eigenvalue weighted by Crippen LogP contribution is -1.92. The molecular formula is C9H10BrNO. The minimum Gasteiger partial charge on any atom is -0.506 e. The first kappa shape index (κ1) is 7.92. The van der Waals surface area contributed by atoms with Crippen LogP contribution in [0.5, 0.6) is 5.75 Å². The Morgan fingerprint density at radius 3 is 3.08 bits per heavy atom. The van der Waals surface area contributed by atoms with Crippen LogP contribution >= 0.6 is 15.9 Å². The summed E-state index contributed by atoms with van der Waals surface area (Å²) in [4.78, 5) is 0. The van der Waals surface area contributed by atoms with Gasteiger partial charge in [-0.1, -0.05) is 0 Å². The highest BCUT2D eigenvalue weighted by atomic mass is 79.9. The Labute approximate surface area is 79.7 Å². The second-order valence-corrected chi connectivity index (χ2v) is 3.91. The molecule has 1 aliphatic rings. The lowest BCUT2D eigenvalue weighted by atomic mass is 10.1. The molecule has 0 aromatic heterocycles. The van der Waals surface area contributed by atoms with E-state index in [-0.39, 0.29) is 0 Å². The number of hydrogen-bond donors (Lipinski definition) is 2. The van der Waals surface area contributed by atoms with Crippen LogP contribution in [0.4, 0.5) is 5.69 Å². The number of rotatable bonds is 0. The van der Waals surface area contributed by atoms with Crippen LogP contribution in [-0.4, -0.2) is 11.7 Å². The molecular weight excluding hydrogens is 218 g/mol. The smallest absolute Gasteiger partial charge is 0.135 e. The van der Waals surface area contributed by atoms with Crippen molar-refractivity contribution in [3.05, 3.63) is 21.7 Å². The summed E-state index contributed by atoms with van der Waals surface area (Å²) < 4.78 is 0.794. The average Bonchev–Trinajstić information content (AvgIpc) is 2.48. The number of aromatic hydroxyl groups is 1. The molecule has 12 heavy (non-hydrogen) atoms. The Balaban J connectivity index is 2.69. The third kappa shape index (κ3) is 1.00. The van der Waals surface area contributed by atoms with Gasteiger partial charge < -0.3 is 10.4 Å². The largest absolute Gasteiger partial charge is 0.506 e. The second kappa shape index (κ2) is 2.66. The van der Waals surface area contributed by atoms with Crippen LogP contribution < -0.4 is 5.32 Å². The maximum Gasteiger partial charge on any atom is 0.135 e. The predicted molar refractivity (Wildman–Crippen MR) is 52.7 cm³/mol. The highest BCUT2D eigenvalue weighted by Gasteiger charge is 2.18. The minimum absolute atomic E-state index is 0.389. The monoisotopic (exact) mass is 227 g/mol. The molecule has 2 nitrogen and oxygen atoms in total. The minimum atomic E-state index is 0.389. The van der Waals surface area contributed by atoms with Crippen LogP contribution in [0.15, 0.2) is 10.5 Å². The van der Waals surface area contributed by atoms with Gasteiger partial charge in [0, 0.05) is 17.8 Å². The van der Waals surface area contributed by atoms with Crippen molar-refractivity contribution in [1.82, 2.24) is 0 Å². The number of phenolic OH excluding ortho intramolecular Hbond substituents is 1. The van der Waals surface area contributed by atoms with Gasteiger partial charge in [0.1, 0.15) is 5.75 Å². The maximum atomic E-state index is 9.66. The zero-order valence-corrected chi connectivity index (χ0v) is 8.40. The molecule has 0 bridgehead atoms. The topological polar surface area (TPSA) is 32.3 Å². The van der Waals surface area contributed by atoms with Crippen molar-refractivity contribution in [2.45, 2.75) is 13.3 Å². The number of halogens is 1. The van der Waals surface area contributed by atoms with Gasteiger partial charge in [0.15, 0.2) is 0 Å². The molecule has 0 radical (unpaired) electrons. The van der Waals surface area contributed by atoms with E-state index in [4.69, 9.17) is 0 Å². The molecule has 2 N–H and O–H groups in total. The Morgan fingerprint density at radius 1 is 1.58 bits per heavy atom. The van der Waals surface area contributed by atoms with Crippen molar-refractivity contribution in [2.24, 2.45) is 0 Å². The summed E-state index contributed by atoms with van der Waals surface area (Å²) in [5.41, 5.74) is 3.34. The lowest BCUT2D eigenvalue weighted by molar-refractivity contribution is 0.466. The lowest BCUT2D eigenvalue weighted by Gasteiger charge is -2.07. The third-order valence-corrected chi connectivity index (χ3v) is 2.83. The van der Waals surface area contributed by atoms with Gasteiger partial charge in [-0.05, 0) is 40.9 Å². The first-order valence-electron chi connectivity index (χ1n) is 3.95. The van der Waals surface area contributed by atoms with Crippen LogP contribution in [0.3, 0.4) is 0 Å². The van der Waals surface area contributed by atoms with E-state index in [9.17, 15) is 5.11 Å². The van der Waals surface area contributed by atoms with Gasteiger partial charge in [-0.15, -0.1) is 0 Å². The van der Waals surface area contributed by atoms with Crippen LogP contribution in [0.1, 0.15) is 11.1 Å². The molecule has 0 amide bonds. The van der Waals surface area contributed by atoms with E-state index in [2.05, 4.69) is 21.2 Å². The van der Waals surface area contributed by atoms with Gasteiger partial charge in [-0.25, -0.2) is 0 Å². The second-order valence-electron chi connectivity index (χ2n) is 3.05. The van der Waals surface area contributed by atoms with Crippen LogP contribution in [0.2, 0.25) is 0 Å². The molecule has 1 aromatic carbocycles. The summed E-state index contributed by atoms with van der Waals surface area (Å²) in [5.74, 6) is 0.389. The van der Waals surface area contributed by atoms with Crippen molar-refractivity contribution in [3.63, 3.8) is 0 Å². The summed E-state index contributed by atoms with van der Waals surface area (Å²) in [6.45, 7) is 2.97. The van der Waals surface area contributed by atoms with Gasteiger partial charge in [0.2, 0.25) is 0 Å². The Bertz CT molecular complexity index is 336. The molecule has 0 atom stereocenters. The Kier molecular flexibility index (Phi) is 1.76. The number of phenols is 1. The maximum absolute atomic E-state index is 9.66. The molecule has 3 heteroatoms. The molecule has 0 unspecified atom stereocenters. The molecule has 0 fully saturated rings. The summed E-state index contributed by atoms with van der Waals surface area (Å²) in [7, 11) is 0. The van der Waals surface area contributed by atoms with Crippen LogP contribution in [-0.2, 0) is 6.42 Å². The summed E-state index contributed by atoms with van der Waals surface area (Å²) >= 11 is 3.32. The molecule has 0 saturated heterocycles. The Hall–Kier alpha value is -0.700. The average molecular weight is 228 g/mol. The summed E-state index contributed by atoms with van der Waals surface area (Å²) in [5, 5.41) is 12.9. The van der Waals surface area contributed by atoms with Gasteiger partial charge in [-0.3, -0.25) is 0 Å². The van der Waals surface area contributed by atoms with E-state index in [1.54, 1.807) is 0 Å². The SMILES string of the molecule is Cc1cc(Br)c(O)c2c1NCC2. The summed E-state index contributed by atoms with van der Waals surface area (Å²) in [6, 6.07) is 1.94. The van der Waals surface area contributed by atoms with E-state index in [0.29, 0.717) is 5.75 Å². The molecule has 0 aliphatic carbocycles. The van der Waals surface area contributed by atoms with Crippen LogP contribution in [0.25, 0.3) is 0 Å². The third-order valence-electron chi connectivity index (χ3n) is 2.23. The van der Waals surface area contributed by atoms with E-state index in [0.717, 1.165) is 28.7 Å². The normalized spacial score (nSPS) is 14.2. The first-order chi connectivity index (χ1) is 5.70. The van der Waals surface area contributed by atoms with E-state index in [1.807, 2.05) is 13.0 Å². The number of aryl methyl sites for hydroxylation is 1. The fraction of sp³-hybridized carbons (Fsp3) is 0.333. The van der Waals surface area contributed by atoms with E-state index >= 15 is 0 Å². The Morgan fingerprint density at radius 2 is 2.33 bits per heavy atom. The van der Waals surface area contributed by atoms with Crippen molar-refractivity contribution in [2.75, 3.05) is 11.9 Å². The number of benzene rings is 1. The molecule has 0 spiro atoms. The number of hydrogen-bond acceptors (Lipinski definition) is 2. The van der Waals surface area contributed by atoms with Crippen molar-refractivity contribution >= 4 is 21.6 Å². The number of anilines is 1. The highest BCUT2D eigenvalue weighted by Crippen LogP contribution is 2.38.